The van der Waals surface area contributed by atoms with Crippen molar-refractivity contribution in [3.05, 3.63) is 29.8 Å². The van der Waals surface area contributed by atoms with Crippen molar-refractivity contribution >= 4 is 37.0 Å². The fraction of sp³-hybridized carbons (Fsp3) is 0.690. The third-order valence-corrected chi connectivity index (χ3v) is 13.2. The van der Waals surface area contributed by atoms with Gasteiger partial charge in [-0.2, -0.15) is 0 Å². The Bertz CT molecular complexity index is 963. The van der Waals surface area contributed by atoms with Crippen molar-refractivity contribution in [3.8, 4) is 0 Å². The molecule has 0 aliphatic carbocycles. The zero-order valence-corrected chi connectivity index (χ0v) is 26.5. The smallest absolute Gasteiger partial charge is 0.255 e. The molecule has 1 N–H and O–H groups in total. The summed E-state index contributed by atoms with van der Waals surface area (Å²) in [6.07, 6.45) is -0.269. The Balaban J connectivity index is 2.18. The molecule has 0 spiro atoms. The maximum absolute atomic E-state index is 13.5. The van der Waals surface area contributed by atoms with Crippen molar-refractivity contribution in [2.45, 2.75) is 97.5 Å². The van der Waals surface area contributed by atoms with Gasteiger partial charge >= 0.3 is 0 Å². The van der Waals surface area contributed by atoms with Gasteiger partial charge in [0, 0.05) is 23.9 Å². The largest absolute Gasteiger partial charge is 0.413 e. The normalized spacial score (nSPS) is 19.9. The summed E-state index contributed by atoms with van der Waals surface area (Å²) in [6, 6.07) is 7.06. The molecule has 37 heavy (non-hydrogen) atoms. The minimum atomic E-state index is -2.06. The maximum Gasteiger partial charge on any atom is 0.255 e. The van der Waals surface area contributed by atoms with Gasteiger partial charge in [-0.15, -0.1) is 0 Å². The zero-order chi connectivity index (χ0) is 28.3. The zero-order valence-electron chi connectivity index (χ0n) is 24.7. The van der Waals surface area contributed by atoms with Crippen molar-refractivity contribution < 1.29 is 18.8 Å². The fourth-order valence-electron chi connectivity index (χ4n) is 4.45. The minimum absolute atomic E-state index is 0.0313. The molecule has 1 aromatic carbocycles. The first-order valence-electron chi connectivity index (χ1n) is 13.5. The van der Waals surface area contributed by atoms with Crippen LogP contribution < -0.4 is 5.32 Å². The monoisotopic (exact) mass is 548 g/mol. The Kier molecular flexibility index (Phi) is 10.6. The second-order valence-electron chi connectivity index (χ2n) is 12.8. The molecule has 0 aromatic heterocycles. The van der Waals surface area contributed by atoms with Crippen molar-refractivity contribution in [3.63, 3.8) is 0 Å². The lowest BCUT2D eigenvalue weighted by atomic mass is 9.79. The molecule has 1 saturated heterocycles. The predicted octanol–water partition coefficient (Wildman–Crippen LogP) is 6.22. The lowest BCUT2D eigenvalue weighted by molar-refractivity contribution is -0.143. The molecule has 0 radical (unpaired) electrons. The number of nitrogens with zero attached hydrogens (tertiary/aromatic N) is 1. The molecule has 1 aliphatic heterocycles. The van der Waals surface area contributed by atoms with E-state index >= 15 is 0 Å². The third-order valence-electron chi connectivity index (χ3n) is 7.49. The second-order valence-corrected chi connectivity index (χ2v) is 18.6. The maximum atomic E-state index is 13.5. The van der Waals surface area contributed by atoms with Crippen molar-refractivity contribution in [1.29, 1.82) is 0 Å². The molecule has 8 heteroatoms. The van der Waals surface area contributed by atoms with Gasteiger partial charge in [0.2, 0.25) is 5.91 Å². The van der Waals surface area contributed by atoms with Gasteiger partial charge in [0.25, 0.3) is 5.91 Å². The van der Waals surface area contributed by atoms with Crippen LogP contribution in [0, 0.1) is 23.7 Å². The lowest BCUT2D eigenvalue weighted by Crippen LogP contribution is -2.66. The first-order valence-corrected chi connectivity index (χ1v) is 17.3. The van der Waals surface area contributed by atoms with Crippen LogP contribution in [0.25, 0.3) is 0 Å². The van der Waals surface area contributed by atoms with E-state index in [1.54, 1.807) is 6.07 Å². The van der Waals surface area contributed by atoms with E-state index in [4.69, 9.17) is 4.43 Å². The predicted molar refractivity (Wildman–Crippen MR) is 155 cm³/mol. The quantitative estimate of drug-likeness (QED) is 0.202. The van der Waals surface area contributed by atoms with Gasteiger partial charge in [0.15, 0.2) is 13.4 Å². The van der Waals surface area contributed by atoms with Crippen LogP contribution in [0.1, 0.15) is 72.7 Å². The molecule has 1 aliphatic rings. The Morgan fingerprint density at radius 2 is 1.57 bits per heavy atom. The number of nitrogens with one attached hydrogen (secondary N) is 1. The summed E-state index contributed by atoms with van der Waals surface area (Å²) in [6.45, 7) is 24.4. The van der Waals surface area contributed by atoms with Gasteiger partial charge in [-0.25, -0.2) is 0 Å². The van der Waals surface area contributed by atoms with Crippen LogP contribution in [0.3, 0.4) is 0 Å². The average Bonchev–Trinajstić information content (AvgIpc) is 2.74. The van der Waals surface area contributed by atoms with Crippen LogP contribution in [0.5, 0.6) is 0 Å². The topological polar surface area (TPSA) is 75.7 Å². The number of rotatable bonds is 11. The Morgan fingerprint density at radius 3 is 2.05 bits per heavy atom. The van der Waals surface area contributed by atoms with E-state index in [9.17, 15) is 14.4 Å². The van der Waals surface area contributed by atoms with Crippen LogP contribution in [0.4, 0.5) is 0 Å². The number of amides is 2. The van der Waals surface area contributed by atoms with Crippen LogP contribution >= 0.6 is 11.8 Å². The molecular weight excluding hydrogens is 500 g/mol. The number of hydrogen-bond donors (Lipinski definition) is 1. The third kappa shape index (κ3) is 7.93. The molecular formula is C29H48N2O4SSi. The first-order chi connectivity index (χ1) is 17.0. The van der Waals surface area contributed by atoms with Crippen molar-refractivity contribution in [2.75, 3.05) is 13.1 Å². The Morgan fingerprint density at radius 1 is 1.03 bits per heavy atom. The Labute approximate surface area is 229 Å². The summed E-state index contributed by atoms with van der Waals surface area (Å²) in [5.74, 6) is -0.189. The minimum Gasteiger partial charge on any atom is -0.413 e. The molecule has 1 aromatic rings. The van der Waals surface area contributed by atoms with Gasteiger partial charge in [0.1, 0.15) is 0 Å². The van der Waals surface area contributed by atoms with E-state index in [1.807, 2.05) is 36.9 Å². The molecule has 2 unspecified atom stereocenters. The summed E-state index contributed by atoms with van der Waals surface area (Å²) in [5.41, 5.74) is 0.554. The standard InChI is InChI=1S/C29H48N2O4SSi/c1-18(2)16-31(17-19(3)4)27(33)22-14-12-13-15-23(22)36-28(34)20(5)25-24(26(32)30-25)21(6)35-37(10,11)29(7,8)9/h12-15,18-21,24-25H,16-17H2,1-11H3,(H,30,32)/t20?,21?,24-,25-/m1/s1. The molecule has 0 bridgehead atoms. The fourth-order valence-corrected chi connectivity index (χ4v) is 6.84. The second kappa shape index (κ2) is 12.5. The van der Waals surface area contributed by atoms with Gasteiger partial charge < -0.3 is 14.6 Å². The summed E-state index contributed by atoms with van der Waals surface area (Å²) in [5, 5.41) is 2.92. The van der Waals surface area contributed by atoms with E-state index in [-0.39, 0.29) is 40.0 Å². The molecule has 4 atom stereocenters. The number of carbonyl (C=O) groups excluding carboxylic acids is 3. The SMILES string of the molecule is CC(C)CN(CC(C)C)C(=O)c1ccccc1SC(=O)C(C)[C@H]1NC(=O)[C@@H]1C(C)O[Si](C)(C)C(C)(C)C. The van der Waals surface area contributed by atoms with Gasteiger partial charge in [-0.1, -0.05) is 79.3 Å². The number of β-lactam (4-membered cyclic amide) rings is 1. The highest BCUT2D eigenvalue weighted by Gasteiger charge is 2.50. The number of thioether (sulfide) groups is 1. The highest BCUT2D eigenvalue weighted by molar-refractivity contribution is 8.13. The highest BCUT2D eigenvalue weighted by atomic mass is 32.2. The van der Waals surface area contributed by atoms with E-state index in [0.29, 0.717) is 35.4 Å². The molecule has 208 valence electrons. The highest BCUT2D eigenvalue weighted by Crippen LogP contribution is 2.40. The number of hydrogen-bond acceptors (Lipinski definition) is 5. The molecule has 2 amide bonds. The van der Waals surface area contributed by atoms with Crippen LogP contribution in [0.15, 0.2) is 29.2 Å². The van der Waals surface area contributed by atoms with Crippen LogP contribution in [-0.2, 0) is 14.0 Å². The van der Waals surface area contributed by atoms with Gasteiger partial charge in [-0.05, 0) is 49.0 Å². The number of carbonyl (C=O) groups is 3. The molecule has 2 rings (SSSR count). The van der Waals surface area contributed by atoms with E-state index in [2.05, 4.69) is 66.9 Å². The average molecular weight is 549 g/mol. The molecule has 6 nitrogen and oxygen atoms in total. The van der Waals surface area contributed by atoms with E-state index in [1.165, 1.54) is 0 Å². The summed E-state index contributed by atoms with van der Waals surface area (Å²) >= 11 is 1.10. The Hall–Kier alpha value is -1.64. The summed E-state index contributed by atoms with van der Waals surface area (Å²) in [4.78, 5) is 42.0. The molecule has 1 fully saturated rings. The molecule has 0 saturated carbocycles. The van der Waals surface area contributed by atoms with E-state index in [0.717, 1.165) is 11.8 Å². The first kappa shape index (κ1) is 31.6. The summed E-state index contributed by atoms with van der Waals surface area (Å²) in [7, 11) is -2.06. The van der Waals surface area contributed by atoms with Gasteiger partial charge in [0.05, 0.1) is 23.6 Å². The number of benzene rings is 1. The van der Waals surface area contributed by atoms with Crippen LogP contribution in [-0.4, -0.2) is 55.4 Å². The van der Waals surface area contributed by atoms with E-state index < -0.39 is 14.2 Å². The summed E-state index contributed by atoms with van der Waals surface area (Å²) < 4.78 is 6.50. The van der Waals surface area contributed by atoms with Crippen molar-refractivity contribution in [2.24, 2.45) is 23.7 Å². The lowest BCUT2D eigenvalue weighted by Gasteiger charge is -2.46. The van der Waals surface area contributed by atoms with Crippen LogP contribution in [0.2, 0.25) is 18.1 Å². The van der Waals surface area contributed by atoms with Crippen molar-refractivity contribution in [1.82, 2.24) is 10.2 Å². The van der Waals surface area contributed by atoms with Gasteiger partial charge in [-0.3, -0.25) is 14.4 Å². The molecule has 1 heterocycles.